The first-order chi connectivity index (χ1) is 12.7. The summed E-state index contributed by atoms with van der Waals surface area (Å²) in [7, 11) is 0. The second-order valence-electron chi connectivity index (χ2n) is 5.94. The summed E-state index contributed by atoms with van der Waals surface area (Å²) < 4.78 is 0. The van der Waals surface area contributed by atoms with Crippen LogP contribution in [0.1, 0.15) is 10.4 Å². The fraction of sp³-hybridized carbons (Fsp3) is 0.263. The lowest BCUT2D eigenvalue weighted by Crippen LogP contribution is -2.40. The van der Waals surface area contributed by atoms with E-state index in [0.717, 1.165) is 0 Å². The third kappa shape index (κ3) is 4.45. The zero-order chi connectivity index (χ0) is 18.5. The molecule has 2 amide bonds. The van der Waals surface area contributed by atoms with E-state index in [1.54, 1.807) is 53.4 Å². The van der Waals surface area contributed by atoms with E-state index >= 15 is 0 Å². The minimum Gasteiger partial charge on any atom is -0.395 e. The number of halogens is 1. The minimum absolute atomic E-state index is 0. The van der Waals surface area contributed by atoms with Crippen LogP contribution in [-0.2, 0) is 4.79 Å². The minimum atomic E-state index is -0.272. The van der Waals surface area contributed by atoms with Gasteiger partial charge in [0.2, 0.25) is 5.91 Å². The van der Waals surface area contributed by atoms with Crippen LogP contribution in [0.4, 0.5) is 17.1 Å². The van der Waals surface area contributed by atoms with Crippen LogP contribution in [-0.4, -0.2) is 59.8 Å². The smallest absolute Gasteiger partial charge is 0.257 e. The SMILES string of the molecule is Cl.O=C1Nc2ccccc2N(C(=O)CN(CCO)CCO)c2ccccc21. The van der Waals surface area contributed by atoms with Crippen molar-refractivity contribution >= 4 is 41.3 Å². The lowest BCUT2D eigenvalue weighted by Gasteiger charge is -2.27. The number of hydrogen-bond acceptors (Lipinski definition) is 5. The number of para-hydroxylation sites is 3. The van der Waals surface area contributed by atoms with Crippen LogP contribution in [0.25, 0.3) is 0 Å². The molecule has 0 bridgehead atoms. The largest absolute Gasteiger partial charge is 0.395 e. The van der Waals surface area contributed by atoms with Crippen LogP contribution in [0, 0.1) is 0 Å². The maximum Gasteiger partial charge on any atom is 0.257 e. The highest BCUT2D eigenvalue weighted by atomic mass is 35.5. The van der Waals surface area contributed by atoms with Crippen molar-refractivity contribution in [3.63, 3.8) is 0 Å². The molecule has 1 aliphatic heterocycles. The Kier molecular flexibility index (Phi) is 7.32. The van der Waals surface area contributed by atoms with Gasteiger partial charge < -0.3 is 15.5 Å². The molecule has 144 valence electrons. The zero-order valence-electron chi connectivity index (χ0n) is 14.7. The molecule has 0 fully saturated rings. The first-order valence-electron chi connectivity index (χ1n) is 8.42. The zero-order valence-corrected chi connectivity index (χ0v) is 15.5. The number of fused-ring (bicyclic) bond motifs is 2. The van der Waals surface area contributed by atoms with Crippen molar-refractivity contribution in [2.45, 2.75) is 0 Å². The van der Waals surface area contributed by atoms with Crippen LogP contribution in [0.2, 0.25) is 0 Å². The number of anilines is 3. The summed E-state index contributed by atoms with van der Waals surface area (Å²) >= 11 is 0. The topological polar surface area (TPSA) is 93.1 Å². The van der Waals surface area contributed by atoms with E-state index in [-0.39, 0.29) is 57.1 Å². The number of hydrogen-bond donors (Lipinski definition) is 3. The number of rotatable bonds is 6. The number of carbonyl (C=O) groups excluding carboxylic acids is 2. The van der Waals surface area contributed by atoms with Gasteiger partial charge in [-0.15, -0.1) is 12.4 Å². The lowest BCUT2D eigenvalue weighted by molar-refractivity contribution is -0.119. The first kappa shape index (κ1) is 20.9. The monoisotopic (exact) mass is 391 g/mol. The van der Waals surface area contributed by atoms with E-state index in [2.05, 4.69) is 5.32 Å². The molecule has 2 aromatic carbocycles. The summed E-state index contributed by atoms with van der Waals surface area (Å²) in [6.07, 6.45) is 0. The standard InChI is InChI=1S/C19H21N3O4.ClH/c23-11-9-21(10-12-24)13-18(25)22-16-7-3-1-5-14(16)19(26)20-15-6-2-4-8-17(15)22;/h1-8,23-24H,9-13H2,(H,20,26);1H. The third-order valence-electron chi connectivity index (χ3n) is 4.22. The molecule has 1 aliphatic rings. The normalized spacial score (nSPS) is 12.6. The van der Waals surface area contributed by atoms with Gasteiger partial charge in [-0.1, -0.05) is 24.3 Å². The molecule has 0 saturated heterocycles. The van der Waals surface area contributed by atoms with Crippen LogP contribution in [0.3, 0.4) is 0 Å². The van der Waals surface area contributed by atoms with Crippen LogP contribution < -0.4 is 10.2 Å². The van der Waals surface area contributed by atoms with Gasteiger partial charge in [0.25, 0.3) is 5.91 Å². The molecule has 0 radical (unpaired) electrons. The van der Waals surface area contributed by atoms with Crippen LogP contribution in [0.15, 0.2) is 48.5 Å². The van der Waals surface area contributed by atoms with Crippen molar-refractivity contribution in [2.24, 2.45) is 0 Å². The predicted molar refractivity (Wildman–Crippen MR) is 106 cm³/mol. The van der Waals surface area contributed by atoms with Gasteiger partial charge in [-0.3, -0.25) is 19.4 Å². The lowest BCUT2D eigenvalue weighted by atomic mass is 10.1. The molecule has 2 aromatic rings. The molecule has 0 atom stereocenters. The summed E-state index contributed by atoms with van der Waals surface area (Å²) in [5, 5.41) is 21.2. The fourth-order valence-corrected chi connectivity index (χ4v) is 3.04. The molecule has 0 aliphatic carbocycles. The molecule has 27 heavy (non-hydrogen) atoms. The summed E-state index contributed by atoms with van der Waals surface area (Å²) in [5.41, 5.74) is 2.06. The molecule has 3 N–H and O–H groups in total. The Balaban J connectivity index is 0.00000261. The molecule has 8 heteroatoms. The summed E-state index contributed by atoms with van der Waals surface area (Å²) in [5.74, 6) is -0.519. The van der Waals surface area contributed by atoms with Gasteiger partial charge in [-0.05, 0) is 24.3 Å². The van der Waals surface area contributed by atoms with Crippen molar-refractivity contribution < 1.29 is 19.8 Å². The van der Waals surface area contributed by atoms with E-state index in [1.165, 1.54) is 4.90 Å². The Morgan fingerprint density at radius 2 is 1.56 bits per heavy atom. The third-order valence-corrected chi connectivity index (χ3v) is 4.22. The second kappa shape index (κ2) is 9.48. The van der Waals surface area contributed by atoms with Gasteiger partial charge in [0, 0.05) is 13.1 Å². The number of amides is 2. The van der Waals surface area contributed by atoms with Crippen LogP contribution in [0.5, 0.6) is 0 Å². The van der Waals surface area contributed by atoms with Crippen molar-refractivity contribution in [1.82, 2.24) is 4.90 Å². The van der Waals surface area contributed by atoms with Crippen molar-refractivity contribution in [3.05, 3.63) is 54.1 Å². The molecule has 0 saturated carbocycles. The number of benzene rings is 2. The Hall–Kier alpha value is -2.45. The second-order valence-corrected chi connectivity index (χ2v) is 5.94. The Morgan fingerprint density at radius 1 is 0.963 bits per heavy atom. The molecule has 0 spiro atoms. The Morgan fingerprint density at radius 3 is 2.22 bits per heavy atom. The highest BCUT2D eigenvalue weighted by Crippen LogP contribution is 2.37. The Labute approximate surface area is 163 Å². The molecule has 7 nitrogen and oxygen atoms in total. The number of nitrogens with one attached hydrogen (secondary N) is 1. The van der Waals surface area contributed by atoms with E-state index in [4.69, 9.17) is 0 Å². The number of aliphatic hydroxyl groups excluding tert-OH is 2. The van der Waals surface area contributed by atoms with E-state index in [0.29, 0.717) is 22.6 Å². The maximum absolute atomic E-state index is 13.1. The van der Waals surface area contributed by atoms with Crippen molar-refractivity contribution in [1.29, 1.82) is 0 Å². The van der Waals surface area contributed by atoms with Gasteiger partial charge in [-0.25, -0.2) is 0 Å². The predicted octanol–water partition coefficient (Wildman–Crippen LogP) is 1.63. The average Bonchev–Trinajstić information content (AvgIpc) is 2.76. The van der Waals surface area contributed by atoms with Crippen molar-refractivity contribution in [3.8, 4) is 0 Å². The number of nitrogens with zero attached hydrogens (tertiary/aromatic N) is 2. The molecule has 0 aromatic heterocycles. The van der Waals surface area contributed by atoms with Gasteiger partial charge in [0.1, 0.15) is 0 Å². The molecular formula is C19H22ClN3O4. The van der Waals surface area contributed by atoms with Gasteiger partial charge in [0.05, 0.1) is 42.4 Å². The number of aliphatic hydroxyl groups is 2. The molecular weight excluding hydrogens is 370 g/mol. The molecule has 3 rings (SSSR count). The summed E-state index contributed by atoms with van der Waals surface area (Å²) in [6.45, 7) is 0.347. The van der Waals surface area contributed by atoms with Gasteiger partial charge in [-0.2, -0.15) is 0 Å². The highest BCUT2D eigenvalue weighted by molar-refractivity contribution is 6.17. The number of carbonyl (C=O) groups is 2. The van der Waals surface area contributed by atoms with E-state index in [9.17, 15) is 19.8 Å². The van der Waals surface area contributed by atoms with Crippen LogP contribution >= 0.6 is 12.4 Å². The van der Waals surface area contributed by atoms with Gasteiger partial charge in [0.15, 0.2) is 0 Å². The highest BCUT2D eigenvalue weighted by Gasteiger charge is 2.29. The van der Waals surface area contributed by atoms with E-state index in [1.807, 2.05) is 0 Å². The summed E-state index contributed by atoms with van der Waals surface area (Å²) in [4.78, 5) is 28.9. The maximum atomic E-state index is 13.1. The van der Waals surface area contributed by atoms with Gasteiger partial charge >= 0.3 is 0 Å². The molecule has 0 unspecified atom stereocenters. The fourth-order valence-electron chi connectivity index (χ4n) is 3.04. The Bertz CT molecular complexity index is 809. The summed E-state index contributed by atoms with van der Waals surface area (Å²) in [6, 6.07) is 14.1. The molecule has 1 heterocycles. The quantitative estimate of drug-likeness (QED) is 0.696. The van der Waals surface area contributed by atoms with E-state index < -0.39 is 0 Å². The average molecular weight is 392 g/mol. The van der Waals surface area contributed by atoms with Crippen molar-refractivity contribution in [2.75, 3.05) is 43.1 Å². The first-order valence-corrected chi connectivity index (χ1v) is 8.42.